The Balaban J connectivity index is 1.99. The molecule has 0 saturated carbocycles. The highest BCUT2D eigenvalue weighted by molar-refractivity contribution is 9.10. The summed E-state index contributed by atoms with van der Waals surface area (Å²) in [6.07, 6.45) is 0. The third-order valence-corrected chi connectivity index (χ3v) is 3.67. The van der Waals surface area contributed by atoms with Crippen LogP contribution in [0.4, 0.5) is 5.69 Å². The number of halogens is 1. The van der Waals surface area contributed by atoms with Crippen molar-refractivity contribution in [2.24, 2.45) is 0 Å². The molecule has 0 unspecified atom stereocenters. The lowest BCUT2D eigenvalue weighted by Crippen LogP contribution is -2.22. The van der Waals surface area contributed by atoms with Crippen molar-refractivity contribution in [2.75, 3.05) is 5.73 Å². The molecule has 0 spiro atoms. The van der Waals surface area contributed by atoms with Gasteiger partial charge in [-0.15, -0.1) is 11.3 Å². The molecule has 0 aliphatic carbocycles. The van der Waals surface area contributed by atoms with Gasteiger partial charge in [-0.3, -0.25) is 4.79 Å². The number of hydrogen-bond donors (Lipinski definition) is 2. The fourth-order valence-corrected chi connectivity index (χ4v) is 2.59. The van der Waals surface area contributed by atoms with Crippen molar-refractivity contribution in [2.45, 2.75) is 6.54 Å². The average Bonchev–Trinajstić information content (AvgIpc) is 2.72. The van der Waals surface area contributed by atoms with Gasteiger partial charge >= 0.3 is 0 Å². The number of anilines is 1. The second-order valence-corrected chi connectivity index (χ2v) is 5.35. The van der Waals surface area contributed by atoms with Gasteiger partial charge in [0, 0.05) is 11.0 Å². The smallest absolute Gasteiger partial charge is 0.263 e. The van der Waals surface area contributed by atoms with Crippen molar-refractivity contribution in [3.05, 3.63) is 50.6 Å². The number of nitrogens with two attached hydrogens (primary N) is 1. The molecule has 5 heteroatoms. The van der Waals surface area contributed by atoms with Gasteiger partial charge in [-0.25, -0.2) is 0 Å². The molecule has 0 bridgehead atoms. The summed E-state index contributed by atoms with van der Waals surface area (Å²) in [4.78, 5) is 12.4. The highest BCUT2D eigenvalue weighted by Crippen LogP contribution is 2.18. The first-order valence-electron chi connectivity index (χ1n) is 5.02. The number of thiophene rings is 1. The summed E-state index contributed by atoms with van der Waals surface area (Å²) < 4.78 is 1.000. The minimum absolute atomic E-state index is 0.127. The Bertz CT molecular complexity index is 539. The first-order chi connectivity index (χ1) is 8.16. The molecule has 2 aromatic rings. The van der Waals surface area contributed by atoms with Gasteiger partial charge < -0.3 is 11.1 Å². The van der Waals surface area contributed by atoms with E-state index in [-0.39, 0.29) is 5.91 Å². The Kier molecular flexibility index (Phi) is 3.81. The highest BCUT2D eigenvalue weighted by atomic mass is 79.9. The SMILES string of the molecule is Nc1ccsc1C(=O)NCc1cccc(Br)c1. The van der Waals surface area contributed by atoms with E-state index in [1.54, 1.807) is 6.07 Å². The van der Waals surface area contributed by atoms with Crippen LogP contribution >= 0.6 is 27.3 Å². The topological polar surface area (TPSA) is 55.1 Å². The zero-order valence-electron chi connectivity index (χ0n) is 8.94. The Morgan fingerprint density at radius 2 is 2.24 bits per heavy atom. The van der Waals surface area contributed by atoms with Gasteiger partial charge in [-0.05, 0) is 29.1 Å². The summed E-state index contributed by atoms with van der Waals surface area (Å²) in [5.41, 5.74) is 7.25. The van der Waals surface area contributed by atoms with Crippen LogP contribution in [-0.4, -0.2) is 5.91 Å². The van der Waals surface area contributed by atoms with E-state index in [0.717, 1.165) is 10.0 Å². The molecule has 0 aliphatic rings. The first-order valence-corrected chi connectivity index (χ1v) is 6.69. The minimum Gasteiger partial charge on any atom is -0.397 e. The molecule has 0 fully saturated rings. The van der Waals surface area contributed by atoms with E-state index in [4.69, 9.17) is 5.73 Å². The number of rotatable bonds is 3. The fraction of sp³-hybridized carbons (Fsp3) is 0.0833. The molecule has 0 aliphatic heterocycles. The number of amides is 1. The molecule has 2 rings (SSSR count). The summed E-state index contributed by atoms with van der Waals surface area (Å²) in [5, 5.41) is 4.65. The molecule has 1 aromatic carbocycles. The lowest BCUT2D eigenvalue weighted by molar-refractivity contribution is 0.0956. The van der Waals surface area contributed by atoms with E-state index in [9.17, 15) is 4.79 Å². The van der Waals surface area contributed by atoms with E-state index in [0.29, 0.717) is 17.1 Å². The molecule has 1 heterocycles. The molecule has 3 nitrogen and oxygen atoms in total. The molecule has 0 radical (unpaired) electrons. The van der Waals surface area contributed by atoms with E-state index < -0.39 is 0 Å². The number of hydrogen-bond acceptors (Lipinski definition) is 3. The van der Waals surface area contributed by atoms with Gasteiger partial charge in [0.15, 0.2) is 0 Å². The summed E-state index contributed by atoms with van der Waals surface area (Å²) in [6, 6.07) is 9.55. The second kappa shape index (κ2) is 5.33. The second-order valence-electron chi connectivity index (χ2n) is 3.52. The molecule has 0 saturated heterocycles. The number of nitrogens with one attached hydrogen (secondary N) is 1. The monoisotopic (exact) mass is 310 g/mol. The largest absolute Gasteiger partial charge is 0.397 e. The van der Waals surface area contributed by atoms with Crippen LogP contribution in [0.2, 0.25) is 0 Å². The average molecular weight is 311 g/mol. The fourth-order valence-electron chi connectivity index (χ4n) is 1.41. The molecule has 17 heavy (non-hydrogen) atoms. The van der Waals surface area contributed by atoms with Gasteiger partial charge in [0.1, 0.15) is 4.88 Å². The van der Waals surface area contributed by atoms with Crippen LogP contribution in [0.15, 0.2) is 40.2 Å². The van der Waals surface area contributed by atoms with Crippen LogP contribution < -0.4 is 11.1 Å². The van der Waals surface area contributed by atoms with Crippen molar-refractivity contribution in [3.63, 3.8) is 0 Å². The zero-order chi connectivity index (χ0) is 12.3. The normalized spacial score (nSPS) is 10.2. The standard InChI is InChI=1S/C12H11BrN2OS/c13-9-3-1-2-8(6-9)7-15-12(16)11-10(14)4-5-17-11/h1-6H,7,14H2,(H,15,16). The van der Waals surface area contributed by atoms with Gasteiger partial charge in [0.2, 0.25) is 0 Å². The molecule has 88 valence electrons. The van der Waals surface area contributed by atoms with Gasteiger partial charge in [0.05, 0.1) is 5.69 Å². The lowest BCUT2D eigenvalue weighted by Gasteiger charge is -2.05. The van der Waals surface area contributed by atoms with Crippen LogP contribution in [0.5, 0.6) is 0 Å². The van der Waals surface area contributed by atoms with Gasteiger partial charge in [-0.2, -0.15) is 0 Å². The Labute approximate surface area is 112 Å². The predicted molar refractivity (Wildman–Crippen MR) is 74.0 cm³/mol. The Morgan fingerprint density at radius 1 is 1.41 bits per heavy atom. The number of nitrogen functional groups attached to an aromatic ring is 1. The minimum atomic E-state index is -0.127. The molecule has 1 aromatic heterocycles. The summed E-state index contributed by atoms with van der Waals surface area (Å²) in [7, 11) is 0. The maximum atomic E-state index is 11.8. The van der Waals surface area contributed by atoms with Gasteiger partial charge in [0.25, 0.3) is 5.91 Å². The van der Waals surface area contributed by atoms with Crippen LogP contribution in [0.25, 0.3) is 0 Å². The van der Waals surface area contributed by atoms with E-state index in [1.807, 2.05) is 29.6 Å². The van der Waals surface area contributed by atoms with Crippen molar-refractivity contribution < 1.29 is 4.79 Å². The van der Waals surface area contributed by atoms with E-state index >= 15 is 0 Å². The molecular formula is C12H11BrN2OS. The maximum Gasteiger partial charge on any atom is 0.263 e. The quantitative estimate of drug-likeness (QED) is 0.915. The Hall–Kier alpha value is -1.33. The van der Waals surface area contributed by atoms with Gasteiger partial charge in [-0.1, -0.05) is 28.1 Å². The zero-order valence-corrected chi connectivity index (χ0v) is 11.3. The maximum absolute atomic E-state index is 11.8. The van der Waals surface area contributed by atoms with Crippen LogP contribution in [-0.2, 0) is 6.54 Å². The van der Waals surface area contributed by atoms with Crippen molar-refractivity contribution in [3.8, 4) is 0 Å². The highest BCUT2D eigenvalue weighted by Gasteiger charge is 2.10. The van der Waals surface area contributed by atoms with E-state index in [1.165, 1.54) is 11.3 Å². The van der Waals surface area contributed by atoms with Crippen LogP contribution in [0.3, 0.4) is 0 Å². The summed E-state index contributed by atoms with van der Waals surface area (Å²) >= 11 is 4.74. The Morgan fingerprint density at radius 3 is 2.88 bits per heavy atom. The van der Waals surface area contributed by atoms with Crippen LogP contribution in [0, 0.1) is 0 Å². The van der Waals surface area contributed by atoms with E-state index in [2.05, 4.69) is 21.2 Å². The molecule has 3 N–H and O–H groups in total. The first kappa shape index (κ1) is 12.1. The third-order valence-electron chi connectivity index (χ3n) is 2.24. The number of carbonyl (C=O) groups is 1. The van der Waals surface area contributed by atoms with Crippen molar-refractivity contribution in [1.82, 2.24) is 5.32 Å². The number of benzene rings is 1. The summed E-state index contributed by atoms with van der Waals surface area (Å²) in [5.74, 6) is -0.127. The van der Waals surface area contributed by atoms with Crippen LogP contribution in [0.1, 0.15) is 15.2 Å². The summed E-state index contributed by atoms with van der Waals surface area (Å²) in [6.45, 7) is 0.496. The number of carbonyl (C=O) groups excluding carboxylic acids is 1. The lowest BCUT2D eigenvalue weighted by atomic mass is 10.2. The predicted octanol–water partition coefficient (Wildman–Crippen LogP) is 3.02. The van der Waals surface area contributed by atoms with Crippen molar-refractivity contribution in [1.29, 1.82) is 0 Å². The van der Waals surface area contributed by atoms with Crippen molar-refractivity contribution >= 4 is 38.9 Å². The third kappa shape index (κ3) is 3.08. The molecule has 1 amide bonds. The molecule has 0 atom stereocenters. The molecular weight excluding hydrogens is 300 g/mol.